The number of hydrogen-bond donors (Lipinski definition) is 2. The summed E-state index contributed by atoms with van der Waals surface area (Å²) >= 11 is 0. The van der Waals surface area contributed by atoms with Crippen molar-refractivity contribution < 1.29 is 19.1 Å². The van der Waals surface area contributed by atoms with Gasteiger partial charge in [0, 0.05) is 7.05 Å². The highest BCUT2D eigenvalue weighted by Crippen LogP contribution is 2.16. The number of amides is 3. The molecular formula is C17H24N4O4. The first-order chi connectivity index (χ1) is 11.6. The molecule has 1 aromatic heterocycles. The van der Waals surface area contributed by atoms with E-state index in [4.69, 9.17) is 4.74 Å². The average molecular weight is 348 g/mol. The van der Waals surface area contributed by atoms with E-state index in [9.17, 15) is 14.4 Å². The fourth-order valence-corrected chi connectivity index (χ4v) is 2.23. The van der Waals surface area contributed by atoms with Gasteiger partial charge in [0.05, 0.1) is 18.7 Å². The number of carbonyl (C=O) groups excluding carboxylic acids is 3. The van der Waals surface area contributed by atoms with Gasteiger partial charge in [-0.05, 0) is 39.3 Å². The van der Waals surface area contributed by atoms with Crippen molar-refractivity contribution in [3.8, 4) is 0 Å². The van der Waals surface area contributed by atoms with Gasteiger partial charge in [0.25, 0.3) is 0 Å². The van der Waals surface area contributed by atoms with Crippen LogP contribution in [-0.2, 0) is 27.3 Å². The second kappa shape index (κ2) is 7.08. The van der Waals surface area contributed by atoms with Crippen LogP contribution >= 0.6 is 0 Å². The third kappa shape index (κ3) is 4.91. The molecule has 0 spiro atoms. The maximum Gasteiger partial charge on any atom is 0.410 e. The fourth-order valence-electron chi connectivity index (χ4n) is 2.23. The van der Waals surface area contributed by atoms with E-state index in [-0.39, 0.29) is 18.2 Å². The van der Waals surface area contributed by atoms with Crippen molar-refractivity contribution in [3.05, 3.63) is 23.4 Å². The van der Waals surface area contributed by atoms with E-state index >= 15 is 0 Å². The Hall–Kier alpha value is -2.64. The number of likely N-dealkylation sites (N-methyl/N-ethyl adjacent to an activating group) is 1. The topological polar surface area (TPSA) is 101 Å². The highest BCUT2D eigenvalue weighted by Gasteiger charge is 2.27. The minimum Gasteiger partial charge on any atom is -0.444 e. The van der Waals surface area contributed by atoms with Crippen molar-refractivity contribution in [2.75, 3.05) is 12.4 Å². The van der Waals surface area contributed by atoms with E-state index in [1.165, 1.54) is 11.9 Å². The maximum absolute atomic E-state index is 12.4. The molecule has 136 valence electrons. The van der Waals surface area contributed by atoms with Gasteiger partial charge in [-0.3, -0.25) is 14.5 Å². The van der Waals surface area contributed by atoms with Gasteiger partial charge < -0.3 is 15.4 Å². The molecule has 0 saturated carbocycles. The standard InChI is InChI=1S/C17H24N4O4/c1-10(21(5)16(24)25-17(2,3)4)15(23)20-13-7-6-11-8-14(22)18-9-12(11)19-13/h6-7,10H,8-9H2,1-5H3,(H,18,22)(H,19,20,23)/t10-/m0/s1. The summed E-state index contributed by atoms with van der Waals surface area (Å²) in [5.41, 5.74) is 0.942. The van der Waals surface area contributed by atoms with Crippen molar-refractivity contribution >= 4 is 23.7 Å². The summed E-state index contributed by atoms with van der Waals surface area (Å²) in [7, 11) is 1.51. The molecule has 3 amide bonds. The molecule has 0 aliphatic carbocycles. The molecule has 0 fully saturated rings. The van der Waals surface area contributed by atoms with Gasteiger partial charge in [-0.1, -0.05) is 6.07 Å². The van der Waals surface area contributed by atoms with Gasteiger partial charge >= 0.3 is 6.09 Å². The van der Waals surface area contributed by atoms with Crippen LogP contribution in [0.2, 0.25) is 0 Å². The molecule has 0 saturated heterocycles. The third-order valence-corrected chi connectivity index (χ3v) is 3.77. The van der Waals surface area contributed by atoms with Crippen LogP contribution < -0.4 is 10.6 Å². The number of hydrogen-bond acceptors (Lipinski definition) is 5. The normalized spacial score (nSPS) is 14.8. The van der Waals surface area contributed by atoms with Gasteiger partial charge in [-0.2, -0.15) is 0 Å². The predicted octanol–water partition coefficient (Wildman–Crippen LogP) is 1.45. The molecule has 1 aromatic rings. The number of pyridine rings is 1. The van der Waals surface area contributed by atoms with Crippen LogP contribution in [-0.4, -0.2) is 46.5 Å². The van der Waals surface area contributed by atoms with E-state index in [0.29, 0.717) is 12.4 Å². The lowest BCUT2D eigenvalue weighted by molar-refractivity contribution is -0.121. The fraction of sp³-hybridized carbons (Fsp3) is 0.529. The van der Waals surface area contributed by atoms with Crippen molar-refractivity contribution in [2.24, 2.45) is 0 Å². The van der Waals surface area contributed by atoms with Crippen LogP contribution in [0.25, 0.3) is 0 Å². The summed E-state index contributed by atoms with van der Waals surface area (Å²) in [6.45, 7) is 7.24. The van der Waals surface area contributed by atoms with Crippen molar-refractivity contribution in [1.82, 2.24) is 15.2 Å². The summed E-state index contributed by atoms with van der Waals surface area (Å²) in [6.07, 6.45) is -0.287. The smallest absolute Gasteiger partial charge is 0.410 e. The first-order valence-corrected chi connectivity index (χ1v) is 8.09. The van der Waals surface area contributed by atoms with Crippen LogP contribution in [0, 0.1) is 0 Å². The lowest BCUT2D eigenvalue weighted by atomic mass is 10.1. The van der Waals surface area contributed by atoms with Gasteiger partial charge in [0.15, 0.2) is 0 Å². The summed E-state index contributed by atoms with van der Waals surface area (Å²) in [5.74, 6) is -0.0383. The summed E-state index contributed by atoms with van der Waals surface area (Å²) in [5, 5.41) is 5.40. The molecule has 1 aliphatic rings. The molecule has 2 heterocycles. The Bertz CT molecular complexity index is 696. The van der Waals surface area contributed by atoms with E-state index in [1.54, 1.807) is 39.8 Å². The predicted molar refractivity (Wildman–Crippen MR) is 91.9 cm³/mol. The van der Waals surface area contributed by atoms with Crippen LogP contribution in [0.15, 0.2) is 12.1 Å². The Balaban J connectivity index is 2.01. The number of fused-ring (bicyclic) bond motifs is 1. The molecule has 8 heteroatoms. The first kappa shape index (κ1) is 18.7. The number of rotatable bonds is 3. The molecule has 0 bridgehead atoms. The summed E-state index contributed by atoms with van der Waals surface area (Å²) in [6, 6.07) is 2.70. The molecule has 0 radical (unpaired) electrons. The minimum absolute atomic E-state index is 0.0429. The number of ether oxygens (including phenoxy) is 1. The molecule has 8 nitrogen and oxygen atoms in total. The van der Waals surface area contributed by atoms with Gasteiger partial charge in [-0.15, -0.1) is 0 Å². The monoisotopic (exact) mass is 348 g/mol. The zero-order chi connectivity index (χ0) is 18.8. The Morgan fingerprint density at radius 3 is 2.68 bits per heavy atom. The lowest BCUT2D eigenvalue weighted by Gasteiger charge is -2.28. The SMILES string of the molecule is C[C@@H](C(=O)Nc1ccc2c(n1)CNC(=O)C2)N(C)C(=O)OC(C)(C)C. The van der Waals surface area contributed by atoms with E-state index < -0.39 is 17.7 Å². The molecule has 1 aliphatic heterocycles. The highest BCUT2D eigenvalue weighted by molar-refractivity contribution is 5.95. The summed E-state index contributed by atoms with van der Waals surface area (Å²) < 4.78 is 5.26. The zero-order valence-corrected chi connectivity index (χ0v) is 15.2. The van der Waals surface area contributed by atoms with Gasteiger partial charge in [0.2, 0.25) is 11.8 Å². The molecule has 2 N–H and O–H groups in total. The number of aromatic nitrogens is 1. The Kier molecular flexibility index (Phi) is 5.30. The van der Waals surface area contributed by atoms with Crippen LogP contribution in [0.5, 0.6) is 0 Å². The van der Waals surface area contributed by atoms with Crippen LogP contribution in [0.3, 0.4) is 0 Å². The number of anilines is 1. The Morgan fingerprint density at radius 2 is 2.04 bits per heavy atom. The van der Waals surface area contributed by atoms with E-state index in [0.717, 1.165) is 11.3 Å². The number of nitrogens with zero attached hydrogens (tertiary/aromatic N) is 2. The lowest BCUT2D eigenvalue weighted by Crippen LogP contribution is -2.45. The zero-order valence-electron chi connectivity index (χ0n) is 15.2. The molecule has 0 aromatic carbocycles. The molecule has 0 unspecified atom stereocenters. The Morgan fingerprint density at radius 1 is 1.36 bits per heavy atom. The van der Waals surface area contributed by atoms with E-state index in [1.807, 2.05) is 0 Å². The van der Waals surface area contributed by atoms with Crippen molar-refractivity contribution in [1.29, 1.82) is 0 Å². The maximum atomic E-state index is 12.4. The molecular weight excluding hydrogens is 324 g/mol. The van der Waals surface area contributed by atoms with Gasteiger partial charge in [0.1, 0.15) is 17.5 Å². The van der Waals surface area contributed by atoms with Crippen molar-refractivity contribution in [2.45, 2.75) is 52.3 Å². The third-order valence-electron chi connectivity index (χ3n) is 3.77. The van der Waals surface area contributed by atoms with Crippen LogP contribution in [0.1, 0.15) is 39.0 Å². The quantitative estimate of drug-likeness (QED) is 0.861. The largest absolute Gasteiger partial charge is 0.444 e. The molecule has 2 rings (SSSR count). The van der Waals surface area contributed by atoms with E-state index in [2.05, 4.69) is 15.6 Å². The first-order valence-electron chi connectivity index (χ1n) is 8.09. The van der Waals surface area contributed by atoms with Crippen molar-refractivity contribution in [3.63, 3.8) is 0 Å². The van der Waals surface area contributed by atoms with Crippen LogP contribution in [0.4, 0.5) is 10.6 Å². The second-order valence-corrected chi connectivity index (χ2v) is 7.01. The minimum atomic E-state index is -0.729. The van der Waals surface area contributed by atoms with Gasteiger partial charge in [-0.25, -0.2) is 9.78 Å². The Labute approximate surface area is 146 Å². The molecule has 25 heavy (non-hydrogen) atoms. The highest BCUT2D eigenvalue weighted by atomic mass is 16.6. The second-order valence-electron chi connectivity index (χ2n) is 7.01. The average Bonchev–Trinajstić information content (AvgIpc) is 2.51. The molecule has 1 atom stereocenters. The summed E-state index contributed by atoms with van der Waals surface area (Å²) in [4.78, 5) is 41.4. The number of carbonyl (C=O) groups is 3. The number of nitrogens with one attached hydrogen (secondary N) is 2.